The van der Waals surface area contributed by atoms with Crippen molar-refractivity contribution in [2.24, 2.45) is 0 Å². The molecule has 3 aromatic carbocycles. The Morgan fingerprint density at radius 1 is 1.06 bits per heavy atom. The molecule has 1 amide bonds. The first kappa shape index (κ1) is 23.9. The zero-order valence-electron chi connectivity index (χ0n) is 19.0. The number of Topliss-reactive ketones (excluding diaryl/α,β-unsaturated/α-hetero) is 1. The molecule has 1 fully saturated rings. The van der Waals surface area contributed by atoms with E-state index in [1.807, 2.05) is 13.0 Å². The largest absolute Gasteiger partial charge is 0.507 e. The molecule has 0 aromatic heterocycles. The second kappa shape index (κ2) is 9.92. The summed E-state index contributed by atoms with van der Waals surface area (Å²) >= 11 is 5.98. The van der Waals surface area contributed by atoms with Gasteiger partial charge in [0.05, 0.1) is 37.0 Å². The van der Waals surface area contributed by atoms with Crippen LogP contribution in [0.1, 0.15) is 29.7 Å². The second-order valence-corrected chi connectivity index (χ2v) is 8.11. The lowest BCUT2D eigenvalue weighted by Gasteiger charge is -2.26. The number of ether oxygens (including phenoxy) is 2. The number of amides is 1. The molecule has 1 aliphatic heterocycles. The van der Waals surface area contributed by atoms with E-state index in [-0.39, 0.29) is 11.3 Å². The van der Waals surface area contributed by atoms with Gasteiger partial charge in [0.1, 0.15) is 5.76 Å². The molecule has 1 saturated heterocycles. The number of carbonyl (C=O) groups excluding carboxylic acids is 2. The smallest absolute Gasteiger partial charge is 0.300 e. The Morgan fingerprint density at radius 3 is 2.34 bits per heavy atom. The summed E-state index contributed by atoms with van der Waals surface area (Å²) in [6.07, 6.45) is 0. The fourth-order valence-corrected chi connectivity index (χ4v) is 4.13. The van der Waals surface area contributed by atoms with Gasteiger partial charge in [-0.1, -0.05) is 17.7 Å². The van der Waals surface area contributed by atoms with Crippen LogP contribution in [0.15, 0.2) is 72.3 Å². The number of carbonyl (C=O) groups is 2. The molecule has 1 N–H and O–H groups in total. The number of methoxy groups -OCH3 is 1. The summed E-state index contributed by atoms with van der Waals surface area (Å²) in [5, 5.41) is 20.8. The van der Waals surface area contributed by atoms with E-state index < -0.39 is 17.7 Å². The lowest BCUT2D eigenvalue weighted by atomic mass is 9.94. The Kier molecular flexibility index (Phi) is 6.76. The van der Waals surface area contributed by atoms with Crippen molar-refractivity contribution in [3.8, 4) is 17.6 Å². The number of halogens is 1. The van der Waals surface area contributed by atoms with Crippen molar-refractivity contribution in [2.45, 2.75) is 13.0 Å². The Labute approximate surface area is 207 Å². The molecule has 0 aliphatic carbocycles. The molecular formula is C27H21ClN2O5. The fourth-order valence-electron chi connectivity index (χ4n) is 4.01. The molecule has 0 bridgehead atoms. The molecule has 35 heavy (non-hydrogen) atoms. The van der Waals surface area contributed by atoms with Crippen LogP contribution in [-0.4, -0.2) is 30.5 Å². The van der Waals surface area contributed by atoms with Gasteiger partial charge in [-0.2, -0.15) is 5.26 Å². The van der Waals surface area contributed by atoms with E-state index in [0.29, 0.717) is 45.5 Å². The van der Waals surface area contributed by atoms with E-state index in [0.717, 1.165) is 0 Å². The lowest BCUT2D eigenvalue weighted by molar-refractivity contribution is -0.132. The number of aliphatic hydroxyl groups excluding tert-OH is 1. The molecule has 1 unspecified atom stereocenters. The predicted octanol–water partition coefficient (Wildman–Crippen LogP) is 5.25. The number of ketones is 1. The molecule has 0 spiro atoms. The van der Waals surface area contributed by atoms with Crippen molar-refractivity contribution in [3.63, 3.8) is 0 Å². The van der Waals surface area contributed by atoms with Crippen molar-refractivity contribution < 1.29 is 24.2 Å². The van der Waals surface area contributed by atoms with Gasteiger partial charge in [-0.05, 0) is 73.2 Å². The second-order valence-electron chi connectivity index (χ2n) is 7.68. The monoisotopic (exact) mass is 488 g/mol. The molecule has 4 rings (SSSR count). The fraction of sp³-hybridized carbons (Fsp3) is 0.148. The van der Waals surface area contributed by atoms with E-state index in [1.165, 1.54) is 12.0 Å². The van der Waals surface area contributed by atoms with Crippen LogP contribution in [-0.2, 0) is 9.59 Å². The quantitative estimate of drug-likeness (QED) is 0.289. The van der Waals surface area contributed by atoms with Gasteiger partial charge in [-0.15, -0.1) is 0 Å². The summed E-state index contributed by atoms with van der Waals surface area (Å²) in [5.41, 5.74) is 1.62. The minimum atomic E-state index is -0.955. The maximum Gasteiger partial charge on any atom is 0.300 e. The van der Waals surface area contributed by atoms with Gasteiger partial charge in [0.15, 0.2) is 11.5 Å². The van der Waals surface area contributed by atoms with E-state index in [2.05, 4.69) is 0 Å². The van der Waals surface area contributed by atoms with Crippen molar-refractivity contribution >= 4 is 34.7 Å². The van der Waals surface area contributed by atoms with E-state index in [1.54, 1.807) is 66.7 Å². The van der Waals surface area contributed by atoms with Crippen LogP contribution in [0, 0.1) is 11.3 Å². The van der Waals surface area contributed by atoms with E-state index >= 15 is 0 Å². The first-order chi connectivity index (χ1) is 16.9. The van der Waals surface area contributed by atoms with Crippen molar-refractivity contribution in [1.82, 2.24) is 0 Å². The maximum absolute atomic E-state index is 13.3. The Morgan fingerprint density at radius 2 is 1.74 bits per heavy atom. The summed E-state index contributed by atoms with van der Waals surface area (Å²) in [5.74, 6) is -1.03. The lowest BCUT2D eigenvalue weighted by Crippen LogP contribution is -2.29. The SMILES string of the molecule is CCOc1cc(C2/C(=C(/O)c3ccc(Cl)cc3)C(=O)C(=O)N2c2ccc(C#N)cc2)ccc1OC. The van der Waals surface area contributed by atoms with Crippen LogP contribution in [0.4, 0.5) is 5.69 Å². The molecule has 0 saturated carbocycles. The van der Waals surface area contributed by atoms with Crippen LogP contribution in [0.2, 0.25) is 5.02 Å². The molecule has 3 aromatic rings. The highest BCUT2D eigenvalue weighted by atomic mass is 35.5. The number of benzene rings is 3. The summed E-state index contributed by atoms with van der Waals surface area (Å²) in [4.78, 5) is 27.8. The predicted molar refractivity (Wildman–Crippen MR) is 132 cm³/mol. The van der Waals surface area contributed by atoms with Gasteiger partial charge >= 0.3 is 0 Å². The van der Waals surface area contributed by atoms with Crippen molar-refractivity contribution in [3.05, 3.63) is 94.0 Å². The number of rotatable bonds is 6. The van der Waals surface area contributed by atoms with E-state index in [9.17, 15) is 14.7 Å². The zero-order valence-corrected chi connectivity index (χ0v) is 19.7. The number of aliphatic hydroxyl groups is 1. The van der Waals surface area contributed by atoms with Crippen LogP contribution in [0.25, 0.3) is 5.76 Å². The summed E-state index contributed by atoms with van der Waals surface area (Å²) in [6, 6.07) is 18.8. The molecule has 0 radical (unpaired) electrons. The highest BCUT2D eigenvalue weighted by Gasteiger charge is 2.47. The summed E-state index contributed by atoms with van der Waals surface area (Å²) < 4.78 is 11.1. The minimum Gasteiger partial charge on any atom is -0.507 e. The minimum absolute atomic E-state index is 0.0747. The summed E-state index contributed by atoms with van der Waals surface area (Å²) in [7, 11) is 1.51. The third-order valence-electron chi connectivity index (χ3n) is 5.64. The standard InChI is InChI=1S/C27H21ClN2O5/c1-3-35-22-14-18(8-13-21(22)34-2)24-23(25(31)17-6-9-19(28)10-7-17)26(32)27(33)30(24)20-11-4-16(15-29)5-12-20/h4-14,24,31H,3H2,1-2H3/b25-23-. The van der Waals surface area contributed by atoms with Gasteiger partial charge in [0.25, 0.3) is 11.7 Å². The van der Waals surface area contributed by atoms with Gasteiger partial charge in [-0.25, -0.2) is 0 Å². The first-order valence-corrected chi connectivity index (χ1v) is 11.1. The molecule has 176 valence electrons. The normalized spacial score (nSPS) is 16.7. The van der Waals surface area contributed by atoms with Gasteiger partial charge in [-0.3, -0.25) is 14.5 Å². The van der Waals surface area contributed by atoms with Gasteiger partial charge in [0.2, 0.25) is 0 Å². The molecule has 7 nitrogen and oxygen atoms in total. The third-order valence-corrected chi connectivity index (χ3v) is 5.89. The summed E-state index contributed by atoms with van der Waals surface area (Å²) in [6.45, 7) is 2.20. The Balaban J connectivity index is 1.95. The topological polar surface area (TPSA) is 99.9 Å². The first-order valence-electron chi connectivity index (χ1n) is 10.8. The Hall–Kier alpha value is -4.28. The zero-order chi connectivity index (χ0) is 25.1. The highest BCUT2D eigenvalue weighted by Crippen LogP contribution is 2.44. The molecular weight excluding hydrogens is 468 g/mol. The van der Waals surface area contributed by atoms with Crippen molar-refractivity contribution in [2.75, 3.05) is 18.6 Å². The number of nitrogens with zero attached hydrogens (tertiary/aromatic N) is 2. The average molecular weight is 489 g/mol. The van der Waals surface area contributed by atoms with Crippen LogP contribution in [0.5, 0.6) is 11.5 Å². The molecule has 8 heteroatoms. The number of hydrogen-bond donors (Lipinski definition) is 1. The maximum atomic E-state index is 13.3. The number of nitriles is 1. The van der Waals surface area contributed by atoms with Gasteiger partial charge in [0, 0.05) is 16.3 Å². The molecule has 1 atom stereocenters. The molecule has 1 heterocycles. The number of anilines is 1. The highest BCUT2D eigenvalue weighted by molar-refractivity contribution is 6.51. The third kappa shape index (κ3) is 4.44. The van der Waals surface area contributed by atoms with Crippen LogP contribution in [0.3, 0.4) is 0 Å². The van der Waals surface area contributed by atoms with Gasteiger partial charge < -0.3 is 14.6 Å². The van der Waals surface area contributed by atoms with Crippen LogP contribution < -0.4 is 14.4 Å². The van der Waals surface area contributed by atoms with Crippen LogP contribution >= 0.6 is 11.6 Å². The van der Waals surface area contributed by atoms with E-state index in [4.69, 9.17) is 26.3 Å². The Bertz CT molecular complexity index is 1360. The van der Waals surface area contributed by atoms with Crippen molar-refractivity contribution in [1.29, 1.82) is 5.26 Å². The molecule has 1 aliphatic rings. The number of hydrogen-bond acceptors (Lipinski definition) is 6. The average Bonchev–Trinajstić information content (AvgIpc) is 3.14.